The predicted molar refractivity (Wildman–Crippen MR) is 113 cm³/mol. The van der Waals surface area contributed by atoms with Crippen LogP contribution in [0.4, 0.5) is 0 Å². The molecule has 1 unspecified atom stereocenters. The Morgan fingerprint density at radius 2 is 1.77 bits per heavy atom. The van der Waals surface area contributed by atoms with E-state index in [-0.39, 0.29) is 11.9 Å². The second-order valence-corrected chi connectivity index (χ2v) is 8.12. The molecule has 1 amide bonds. The molecule has 2 aliphatic heterocycles. The maximum atomic E-state index is 12.3. The Labute approximate surface area is 177 Å². The number of aromatic nitrogens is 2. The minimum Gasteiger partial charge on any atom is -0.378 e. The highest BCUT2D eigenvalue weighted by molar-refractivity contribution is 5.76. The summed E-state index contributed by atoms with van der Waals surface area (Å²) >= 11 is 0. The van der Waals surface area contributed by atoms with Crippen molar-refractivity contribution in [3.63, 3.8) is 0 Å². The van der Waals surface area contributed by atoms with Gasteiger partial charge in [0.05, 0.1) is 19.3 Å². The first-order chi connectivity index (χ1) is 14.6. The third-order valence-electron chi connectivity index (χ3n) is 6.07. The van der Waals surface area contributed by atoms with E-state index in [4.69, 9.17) is 9.26 Å². The Morgan fingerprint density at radius 3 is 2.47 bits per heavy atom. The molecule has 4 rings (SSSR count). The Hall–Kier alpha value is -2.29. The number of nitrogens with zero attached hydrogens (tertiary/aromatic N) is 5. The number of hydrogen-bond donors (Lipinski definition) is 0. The minimum absolute atomic E-state index is 0.0776. The molecule has 1 aromatic carbocycles. The monoisotopic (exact) mass is 413 g/mol. The van der Waals surface area contributed by atoms with Gasteiger partial charge >= 0.3 is 0 Å². The number of rotatable bonds is 6. The molecule has 0 saturated carbocycles. The highest BCUT2D eigenvalue weighted by Crippen LogP contribution is 2.23. The lowest BCUT2D eigenvalue weighted by Crippen LogP contribution is -2.48. The van der Waals surface area contributed by atoms with Gasteiger partial charge in [-0.15, -0.1) is 0 Å². The number of piperazine rings is 1. The molecule has 2 aliphatic rings. The number of hydrogen-bond acceptors (Lipinski definition) is 7. The fourth-order valence-corrected chi connectivity index (χ4v) is 3.98. The summed E-state index contributed by atoms with van der Waals surface area (Å²) in [5.74, 6) is 1.53. The molecular weight excluding hydrogens is 382 g/mol. The number of carbonyl (C=O) groups is 1. The SMILES string of the molecule is Cc1ccc(-c2noc(C(C)N3CCN(CCC(=O)N4CCOCC4)CC3)n2)cc1. The number of morpholine rings is 1. The van der Waals surface area contributed by atoms with Crippen molar-refractivity contribution < 1.29 is 14.1 Å². The van der Waals surface area contributed by atoms with E-state index >= 15 is 0 Å². The van der Waals surface area contributed by atoms with Gasteiger partial charge in [-0.2, -0.15) is 4.98 Å². The first kappa shape index (κ1) is 21.0. The number of aryl methyl sites for hydroxylation is 1. The average molecular weight is 414 g/mol. The van der Waals surface area contributed by atoms with Gasteiger partial charge in [-0.1, -0.05) is 35.0 Å². The molecule has 8 heteroatoms. The third-order valence-corrected chi connectivity index (χ3v) is 6.07. The molecule has 2 fully saturated rings. The van der Waals surface area contributed by atoms with Crippen LogP contribution in [0.25, 0.3) is 11.4 Å². The quantitative estimate of drug-likeness (QED) is 0.717. The Kier molecular flexibility index (Phi) is 6.76. The second-order valence-electron chi connectivity index (χ2n) is 8.12. The van der Waals surface area contributed by atoms with E-state index in [2.05, 4.69) is 45.9 Å². The van der Waals surface area contributed by atoms with Gasteiger partial charge in [-0.3, -0.25) is 9.69 Å². The van der Waals surface area contributed by atoms with E-state index in [0.29, 0.717) is 31.3 Å². The fourth-order valence-electron chi connectivity index (χ4n) is 3.98. The number of carbonyl (C=O) groups excluding carboxylic acids is 1. The zero-order valence-corrected chi connectivity index (χ0v) is 17.9. The van der Waals surface area contributed by atoms with Crippen LogP contribution in [0.15, 0.2) is 28.8 Å². The highest BCUT2D eigenvalue weighted by atomic mass is 16.5. The van der Waals surface area contributed by atoms with Gasteiger partial charge in [0.25, 0.3) is 0 Å². The summed E-state index contributed by atoms with van der Waals surface area (Å²) in [6, 6.07) is 8.22. The molecular formula is C22H31N5O3. The maximum absolute atomic E-state index is 12.3. The number of amides is 1. The topological polar surface area (TPSA) is 74.9 Å². The largest absolute Gasteiger partial charge is 0.378 e. The summed E-state index contributed by atoms with van der Waals surface area (Å²) in [6.07, 6.45) is 0.582. The summed E-state index contributed by atoms with van der Waals surface area (Å²) in [5, 5.41) is 4.17. The minimum atomic E-state index is 0.0776. The lowest BCUT2D eigenvalue weighted by atomic mass is 10.1. The molecule has 30 heavy (non-hydrogen) atoms. The first-order valence-corrected chi connectivity index (χ1v) is 10.8. The van der Waals surface area contributed by atoms with Crippen molar-refractivity contribution in [1.82, 2.24) is 24.8 Å². The summed E-state index contributed by atoms with van der Waals surface area (Å²) in [4.78, 5) is 23.6. The lowest BCUT2D eigenvalue weighted by Gasteiger charge is -2.37. The van der Waals surface area contributed by atoms with Crippen LogP contribution in [0.1, 0.15) is 30.8 Å². The van der Waals surface area contributed by atoms with Crippen molar-refractivity contribution in [3.05, 3.63) is 35.7 Å². The molecule has 1 aromatic heterocycles. The smallest absolute Gasteiger partial charge is 0.244 e. The van der Waals surface area contributed by atoms with Crippen LogP contribution in [0.5, 0.6) is 0 Å². The summed E-state index contributed by atoms with van der Waals surface area (Å²) in [7, 11) is 0. The molecule has 0 spiro atoms. The molecule has 0 N–H and O–H groups in total. The summed E-state index contributed by atoms with van der Waals surface area (Å²) in [5.41, 5.74) is 2.18. The average Bonchev–Trinajstić information content (AvgIpc) is 3.29. The van der Waals surface area contributed by atoms with Crippen LogP contribution in [-0.4, -0.2) is 89.8 Å². The molecule has 1 atom stereocenters. The second kappa shape index (κ2) is 9.68. The zero-order chi connectivity index (χ0) is 20.9. The van der Waals surface area contributed by atoms with E-state index in [0.717, 1.165) is 51.4 Å². The van der Waals surface area contributed by atoms with Gasteiger partial charge in [0, 0.05) is 57.8 Å². The van der Waals surface area contributed by atoms with Crippen LogP contribution in [0, 0.1) is 6.92 Å². The Bertz CT molecular complexity index is 824. The standard InChI is InChI=1S/C22H31N5O3/c1-17-3-5-19(6-4-17)21-23-22(30-24-21)18(2)26-11-9-25(10-12-26)8-7-20(28)27-13-15-29-16-14-27/h3-6,18H,7-16H2,1-2H3. The van der Waals surface area contributed by atoms with Crippen molar-refractivity contribution in [3.8, 4) is 11.4 Å². The number of ether oxygens (including phenoxy) is 1. The molecule has 0 aliphatic carbocycles. The van der Waals surface area contributed by atoms with Crippen molar-refractivity contribution in [2.45, 2.75) is 26.3 Å². The van der Waals surface area contributed by atoms with Gasteiger partial charge in [0.15, 0.2) is 0 Å². The zero-order valence-electron chi connectivity index (χ0n) is 17.9. The lowest BCUT2D eigenvalue weighted by molar-refractivity contribution is -0.135. The molecule has 8 nitrogen and oxygen atoms in total. The van der Waals surface area contributed by atoms with E-state index in [1.165, 1.54) is 5.56 Å². The van der Waals surface area contributed by atoms with Gasteiger partial charge in [-0.25, -0.2) is 0 Å². The van der Waals surface area contributed by atoms with Gasteiger partial charge in [-0.05, 0) is 13.8 Å². The molecule has 3 heterocycles. The molecule has 2 saturated heterocycles. The molecule has 2 aromatic rings. The van der Waals surface area contributed by atoms with Crippen LogP contribution in [0.3, 0.4) is 0 Å². The van der Waals surface area contributed by atoms with Crippen molar-refractivity contribution in [2.24, 2.45) is 0 Å². The third kappa shape index (κ3) is 5.06. The fraction of sp³-hybridized carbons (Fsp3) is 0.591. The first-order valence-electron chi connectivity index (χ1n) is 10.8. The van der Waals surface area contributed by atoms with E-state index in [1.54, 1.807) is 0 Å². The van der Waals surface area contributed by atoms with Gasteiger partial charge in [0.1, 0.15) is 0 Å². The van der Waals surface area contributed by atoms with Crippen LogP contribution in [0.2, 0.25) is 0 Å². The predicted octanol–water partition coefficient (Wildman–Crippen LogP) is 1.97. The van der Waals surface area contributed by atoms with Crippen LogP contribution >= 0.6 is 0 Å². The van der Waals surface area contributed by atoms with Crippen molar-refractivity contribution >= 4 is 5.91 Å². The van der Waals surface area contributed by atoms with E-state index < -0.39 is 0 Å². The Morgan fingerprint density at radius 1 is 1.07 bits per heavy atom. The normalized spacial score (nSPS) is 19.7. The van der Waals surface area contributed by atoms with E-state index in [1.807, 2.05) is 17.0 Å². The molecule has 0 radical (unpaired) electrons. The van der Waals surface area contributed by atoms with E-state index in [9.17, 15) is 4.79 Å². The highest BCUT2D eigenvalue weighted by Gasteiger charge is 2.26. The summed E-state index contributed by atoms with van der Waals surface area (Å²) < 4.78 is 10.9. The molecule has 0 bridgehead atoms. The molecule has 162 valence electrons. The van der Waals surface area contributed by atoms with Gasteiger partial charge in [0.2, 0.25) is 17.6 Å². The Balaban J connectivity index is 1.25. The van der Waals surface area contributed by atoms with Crippen LogP contribution in [-0.2, 0) is 9.53 Å². The van der Waals surface area contributed by atoms with Crippen LogP contribution < -0.4 is 0 Å². The maximum Gasteiger partial charge on any atom is 0.244 e. The number of benzene rings is 1. The van der Waals surface area contributed by atoms with Crippen molar-refractivity contribution in [1.29, 1.82) is 0 Å². The van der Waals surface area contributed by atoms with Gasteiger partial charge < -0.3 is 19.1 Å². The summed E-state index contributed by atoms with van der Waals surface area (Å²) in [6.45, 7) is 11.5. The van der Waals surface area contributed by atoms with Crippen molar-refractivity contribution in [2.75, 3.05) is 59.0 Å².